The fourth-order valence-electron chi connectivity index (χ4n) is 1.88. The van der Waals surface area contributed by atoms with E-state index in [4.69, 9.17) is 15.2 Å². The molecule has 17 heavy (non-hydrogen) atoms. The molecular formula is C13H20BrNO2. The number of hydrogen-bond acceptors (Lipinski definition) is 3. The number of ether oxygens (including phenoxy) is 2. The molecule has 0 heterocycles. The molecule has 0 atom stereocenters. The van der Waals surface area contributed by atoms with Gasteiger partial charge in [0, 0.05) is 6.54 Å². The molecule has 0 saturated carbocycles. The smallest absolute Gasteiger partial charge is 0.141 e. The Kier molecular flexibility index (Phi) is 5.28. The van der Waals surface area contributed by atoms with Crippen molar-refractivity contribution in [2.45, 2.75) is 26.8 Å². The zero-order chi connectivity index (χ0) is 13.0. The Morgan fingerprint density at radius 1 is 1.29 bits per heavy atom. The van der Waals surface area contributed by atoms with Gasteiger partial charge in [-0.25, -0.2) is 0 Å². The van der Waals surface area contributed by atoms with Crippen LogP contribution in [0.3, 0.4) is 0 Å². The van der Waals surface area contributed by atoms with Gasteiger partial charge in [0.2, 0.25) is 0 Å². The van der Waals surface area contributed by atoms with E-state index in [1.165, 1.54) is 5.56 Å². The first-order valence-corrected chi connectivity index (χ1v) is 6.46. The molecule has 1 aromatic rings. The van der Waals surface area contributed by atoms with Crippen molar-refractivity contribution in [3.63, 3.8) is 0 Å². The van der Waals surface area contributed by atoms with E-state index in [1.54, 1.807) is 14.2 Å². The van der Waals surface area contributed by atoms with E-state index in [0.29, 0.717) is 12.5 Å². The molecule has 2 N–H and O–H groups in total. The van der Waals surface area contributed by atoms with Crippen molar-refractivity contribution in [3.8, 4) is 11.5 Å². The van der Waals surface area contributed by atoms with E-state index in [2.05, 4.69) is 29.8 Å². The highest BCUT2D eigenvalue weighted by molar-refractivity contribution is 9.10. The van der Waals surface area contributed by atoms with Gasteiger partial charge in [0.25, 0.3) is 0 Å². The van der Waals surface area contributed by atoms with E-state index in [1.807, 2.05) is 6.07 Å². The molecule has 0 unspecified atom stereocenters. The van der Waals surface area contributed by atoms with Crippen LogP contribution in [0.15, 0.2) is 10.5 Å². The molecule has 0 amide bonds. The van der Waals surface area contributed by atoms with E-state index in [-0.39, 0.29) is 0 Å². The van der Waals surface area contributed by atoms with Gasteiger partial charge in [0.05, 0.1) is 24.3 Å². The molecule has 0 aliphatic heterocycles. The van der Waals surface area contributed by atoms with Crippen molar-refractivity contribution in [2.75, 3.05) is 14.2 Å². The third kappa shape index (κ3) is 3.13. The molecule has 1 aromatic carbocycles. The normalized spacial score (nSPS) is 10.8. The zero-order valence-electron chi connectivity index (χ0n) is 10.8. The lowest BCUT2D eigenvalue weighted by Crippen LogP contribution is -2.06. The average molecular weight is 302 g/mol. The van der Waals surface area contributed by atoms with Gasteiger partial charge in [-0.15, -0.1) is 0 Å². The Morgan fingerprint density at radius 3 is 2.35 bits per heavy atom. The second-order valence-electron chi connectivity index (χ2n) is 4.37. The summed E-state index contributed by atoms with van der Waals surface area (Å²) in [4.78, 5) is 0. The Bertz CT molecular complexity index is 391. The lowest BCUT2D eigenvalue weighted by molar-refractivity contribution is 0.382. The minimum atomic E-state index is 0.396. The van der Waals surface area contributed by atoms with E-state index >= 15 is 0 Å². The number of rotatable bonds is 5. The monoisotopic (exact) mass is 301 g/mol. The van der Waals surface area contributed by atoms with Crippen LogP contribution in [0.2, 0.25) is 0 Å². The van der Waals surface area contributed by atoms with Gasteiger partial charge < -0.3 is 15.2 Å². The maximum atomic E-state index is 5.74. The van der Waals surface area contributed by atoms with Crippen LogP contribution in [0.1, 0.15) is 25.0 Å². The molecule has 0 fully saturated rings. The van der Waals surface area contributed by atoms with Crippen LogP contribution in [-0.2, 0) is 13.0 Å². The molecule has 0 aliphatic rings. The maximum Gasteiger partial charge on any atom is 0.141 e. The molecule has 96 valence electrons. The first kappa shape index (κ1) is 14.3. The van der Waals surface area contributed by atoms with Crippen LogP contribution in [-0.4, -0.2) is 14.2 Å². The van der Waals surface area contributed by atoms with Crippen molar-refractivity contribution >= 4 is 15.9 Å². The summed E-state index contributed by atoms with van der Waals surface area (Å²) in [6, 6.07) is 2.04. The molecular weight excluding hydrogens is 282 g/mol. The third-order valence-electron chi connectivity index (χ3n) is 2.61. The first-order chi connectivity index (χ1) is 8.04. The predicted octanol–water partition coefficient (Wildman–Crippen LogP) is 3.12. The second kappa shape index (κ2) is 6.26. The van der Waals surface area contributed by atoms with Crippen LogP contribution in [0, 0.1) is 5.92 Å². The highest BCUT2D eigenvalue weighted by atomic mass is 79.9. The number of hydrogen-bond donors (Lipinski definition) is 1. The lowest BCUT2D eigenvalue weighted by atomic mass is 10.00. The van der Waals surface area contributed by atoms with Crippen molar-refractivity contribution in [1.29, 1.82) is 0 Å². The number of benzene rings is 1. The predicted molar refractivity (Wildman–Crippen MR) is 73.7 cm³/mol. The molecule has 3 nitrogen and oxygen atoms in total. The van der Waals surface area contributed by atoms with E-state index in [9.17, 15) is 0 Å². The SMILES string of the molecule is COc1cc(CC(C)C)c(Br)c(OC)c1CN. The van der Waals surface area contributed by atoms with Crippen molar-refractivity contribution < 1.29 is 9.47 Å². The molecule has 0 radical (unpaired) electrons. The molecule has 0 saturated heterocycles. The molecule has 4 heteroatoms. The summed E-state index contributed by atoms with van der Waals surface area (Å²) in [5.74, 6) is 2.15. The van der Waals surface area contributed by atoms with Crippen LogP contribution >= 0.6 is 15.9 Å². The Labute approximate surface area is 111 Å². The zero-order valence-corrected chi connectivity index (χ0v) is 12.4. The Balaban J connectivity index is 3.34. The minimum absolute atomic E-state index is 0.396. The summed E-state index contributed by atoms with van der Waals surface area (Å²) >= 11 is 3.59. The summed E-state index contributed by atoms with van der Waals surface area (Å²) in [5, 5.41) is 0. The molecule has 0 bridgehead atoms. The van der Waals surface area contributed by atoms with Gasteiger partial charge >= 0.3 is 0 Å². The summed E-state index contributed by atoms with van der Waals surface area (Å²) in [7, 11) is 3.30. The maximum absolute atomic E-state index is 5.74. The van der Waals surface area contributed by atoms with Crippen LogP contribution in [0.4, 0.5) is 0 Å². The van der Waals surface area contributed by atoms with Gasteiger partial charge in [0.1, 0.15) is 11.5 Å². The van der Waals surface area contributed by atoms with E-state index < -0.39 is 0 Å². The number of halogens is 1. The number of nitrogens with two attached hydrogens (primary N) is 1. The fraction of sp³-hybridized carbons (Fsp3) is 0.538. The minimum Gasteiger partial charge on any atom is -0.496 e. The van der Waals surface area contributed by atoms with Crippen molar-refractivity contribution in [1.82, 2.24) is 0 Å². The standard InChI is InChI=1S/C13H20BrNO2/c1-8(2)5-9-6-11(16-3)10(7-15)13(17-4)12(9)14/h6,8H,5,7,15H2,1-4H3. The highest BCUT2D eigenvalue weighted by Crippen LogP contribution is 2.39. The molecule has 0 aliphatic carbocycles. The van der Waals surface area contributed by atoms with Gasteiger partial charge in [-0.1, -0.05) is 13.8 Å². The average Bonchev–Trinajstić information content (AvgIpc) is 2.30. The largest absolute Gasteiger partial charge is 0.496 e. The van der Waals surface area contributed by atoms with Gasteiger partial charge in [0.15, 0.2) is 0 Å². The summed E-state index contributed by atoms with van der Waals surface area (Å²) in [5.41, 5.74) is 7.83. The summed E-state index contributed by atoms with van der Waals surface area (Å²) in [6.07, 6.45) is 0.970. The highest BCUT2D eigenvalue weighted by Gasteiger charge is 2.17. The Morgan fingerprint density at radius 2 is 1.94 bits per heavy atom. The summed E-state index contributed by atoms with van der Waals surface area (Å²) < 4.78 is 11.8. The van der Waals surface area contributed by atoms with Crippen molar-refractivity contribution in [3.05, 3.63) is 21.7 Å². The Hall–Kier alpha value is -0.740. The van der Waals surface area contributed by atoms with Crippen molar-refractivity contribution in [2.24, 2.45) is 11.7 Å². The van der Waals surface area contributed by atoms with Gasteiger partial charge in [-0.05, 0) is 39.9 Å². The quantitative estimate of drug-likeness (QED) is 0.909. The topological polar surface area (TPSA) is 44.5 Å². The van der Waals surface area contributed by atoms with Crippen LogP contribution in [0.25, 0.3) is 0 Å². The van der Waals surface area contributed by atoms with Crippen LogP contribution < -0.4 is 15.2 Å². The summed E-state index contributed by atoms with van der Waals surface area (Å²) in [6.45, 7) is 4.76. The lowest BCUT2D eigenvalue weighted by Gasteiger charge is -2.17. The van der Waals surface area contributed by atoms with Gasteiger partial charge in [-0.2, -0.15) is 0 Å². The number of methoxy groups -OCH3 is 2. The third-order valence-corrected chi connectivity index (χ3v) is 3.48. The molecule has 1 rings (SSSR count). The molecule has 0 aromatic heterocycles. The molecule has 0 spiro atoms. The van der Waals surface area contributed by atoms with Crippen LogP contribution in [0.5, 0.6) is 11.5 Å². The second-order valence-corrected chi connectivity index (χ2v) is 5.16. The van der Waals surface area contributed by atoms with E-state index in [0.717, 1.165) is 28.0 Å². The first-order valence-electron chi connectivity index (χ1n) is 5.67. The fourth-order valence-corrected chi connectivity index (χ4v) is 2.55. The van der Waals surface area contributed by atoms with Gasteiger partial charge in [-0.3, -0.25) is 0 Å².